The van der Waals surface area contributed by atoms with Crippen LogP contribution in [0.3, 0.4) is 0 Å². The summed E-state index contributed by atoms with van der Waals surface area (Å²) >= 11 is 0. The molecule has 0 aromatic carbocycles. The van der Waals surface area contributed by atoms with Crippen molar-refractivity contribution in [3.05, 3.63) is 5.82 Å². The first kappa shape index (κ1) is 8.13. The summed E-state index contributed by atoms with van der Waals surface area (Å²) in [5, 5.41) is 19.7. The average molecular weight is 156 g/mol. The first-order valence-electron chi connectivity index (χ1n) is 3.74. The Hall–Kier alpha value is -0.970. The number of hydrogen-bond acceptors (Lipinski definition) is 4. The molecule has 0 unspecified atom stereocenters. The SMILES string of the molecule is CCn1nnnc1CCCO. The van der Waals surface area contributed by atoms with Gasteiger partial charge in [-0.15, -0.1) is 5.10 Å². The molecule has 0 fully saturated rings. The maximum Gasteiger partial charge on any atom is 0.151 e. The third-order valence-corrected chi connectivity index (χ3v) is 1.46. The Morgan fingerprint density at radius 1 is 1.55 bits per heavy atom. The van der Waals surface area contributed by atoms with Gasteiger partial charge in [-0.25, -0.2) is 4.68 Å². The molecule has 1 heterocycles. The van der Waals surface area contributed by atoms with Gasteiger partial charge in [-0.3, -0.25) is 0 Å². The molecule has 1 rings (SSSR count). The summed E-state index contributed by atoms with van der Waals surface area (Å²) in [5.41, 5.74) is 0. The van der Waals surface area contributed by atoms with E-state index in [1.54, 1.807) is 4.68 Å². The number of hydrogen-bond donors (Lipinski definition) is 1. The van der Waals surface area contributed by atoms with Crippen LogP contribution >= 0.6 is 0 Å². The number of rotatable bonds is 4. The topological polar surface area (TPSA) is 63.8 Å². The summed E-state index contributed by atoms with van der Waals surface area (Å²) in [6.07, 6.45) is 1.47. The van der Waals surface area contributed by atoms with Crippen LogP contribution in [0.5, 0.6) is 0 Å². The zero-order valence-electron chi connectivity index (χ0n) is 6.56. The molecule has 0 saturated heterocycles. The molecule has 1 N–H and O–H groups in total. The van der Waals surface area contributed by atoms with Gasteiger partial charge in [-0.05, 0) is 23.8 Å². The largest absolute Gasteiger partial charge is 0.396 e. The summed E-state index contributed by atoms with van der Waals surface area (Å²) < 4.78 is 1.73. The van der Waals surface area contributed by atoms with E-state index in [0.717, 1.165) is 25.2 Å². The van der Waals surface area contributed by atoms with Gasteiger partial charge in [0.15, 0.2) is 5.82 Å². The van der Waals surface area contributed by atoms with Crippen molar-refractivity contribution in [1.29, 1.82) is 0 Å². The Kier molecular flexibility index (Phi) is 2.97. The second-order valence-electron chi connectivity index (χ2n) is 2.24. The lowest BCUT2D eigenvalue weighted by Crippen LogP contribution is -2.04. The van der Waals surface area contributed by atoms with Gasteiger partial charge < -0.3 is 5.11 Å². The highest BCUT2D eigenvalue weighted by Crippen LogP contribution is 1.95. The maximum absolute atomic E-state index is 8.55. The van der Waals surface area contributed by atoms with Crippen LogP contribution in [-0.2, 0) is 13.0 Å². The van der Waals surface area contributed by atoms with Crippen molar-refractivity contribution in [2.24, 2.45) is 0 Å². The lowest BCUT2D eigenvalue weighted by Gasteiger charge is -1.97. The maximum atomic E-state index is 8.55. The molecule has 0 radical (unpaired) electrons. The average Bonchev–Trinajstić information content (AvgIpc) is 2.47. The van der Waals surface area contributed by atoms with Gasteiger partial charge >= 0.3 is 0 Å². The predicted molar refractivity (Wildman–Crippen MR) is 38.9 cm³/mol. The van der Waals surface area contributed by atoms with Crippen molar-refractivity contribution in [2.75, 3.05) is 6.61 Å². The van der Waals surface area contributed by atoms with E-state index in [4.69, 9.17) is 5.11 Å². The molecule has 5 heteroatoms. The summed E-state index contributed by atoms with van der Waals surface area (Å²) in [6.45, 7) is 2.96. The summed E-state index contributed by atoms with van der Waals surface area (Å²) in [6, 6.07) is 0. The standard InChI is InChI=1S/C6H12N4O/c1-2-10-6(4-3-5-11)7-8-9-10/h11H,2-5H2,1H3. The van der Waals surface area contributed by atoms with Crippen molar-refractivity contribution < 1.29 is 5.11 Å². The van der Waals surface area contributed by atoms with Crippen LogP contribution in [-0.4, -0.2) is 31.9 Å². The molecule has 0 saturated carbocycles. The number of aromatic nitrogens is 4. The van der Waals surface area contributed by atoms with Crippen molar-refractivity contribution in [2.45, 2.75) is 26.3 Å². The Bertz CT molecular complexity index is 210. The quantitative estimate of drug-likeness (QED) is 0.645. The number of aryl methyl sites for hydroxylation is 2. The molecule has 62 valence electrons. The molecule has 11 heavy (non-hydrogen) atoms. The lowest BCUT2D eigenvalue weighted by molar-refractivity contribution is 0.286. The lowest BCUT2D eigenvalue weighted by atomic mass is 10.3. The van der Waals surface area contributed by atoms with E-state index in [1.807, 2.05) is 6.92 Å². The molecular weight excluding hydrogens is 144 g/mol. The minimum absolute atomic E-state index is 0.191. The molecule has 1 aromatic heterocycles. The Labute approximate surface area is 65.0 Å². The summed E-state index contributed by atoms with van der Waals surface area (Å²) in [7, 11) is 0. The third kappa shape index (κ3) is 1.98. The molecular formula is C6H12N4O. The van der Waals surface area contributed by atoms with E-state index in [0.29, 0.717) is 0 Å². The molecule has 0 amide bonds. The molecule has 0 spiro atoms. The Morgan fingerprint density at radius 3 is 3.00 bits per heavy atom. The third-order valence-electron chi connectivity index (χ3n) is 1.46. The van der Waals surface area contributed by atoms with Gasteiger partial charge in [0.25, 0.3) is 0 Å². The smallest absolute Gasteiger partial charge is 0.151 e. The summed E-state index contributed by atoms with van der Waals surface area (Å²) in [4.78, 5) is 0. The fraction of sp³-hybridized carbons (Fsp3) is 0.833. The molecule has 0 aliphatic carbocycles. The number of aliphatic hydroxyl groups is 1. The van der Waals surface area contributed by atoms with E-state index in [2.05, 4.69) is 15.5 Å². The van der Waals surface area contributed by atoms with E-state index in [9.17, 15) is 0 Å². The summed E-state index contributed by atoms with van der Waals surface area (Å²) in [5.74, 6) is 0.849. The van der Waals surface area contributed by atoms with Crippen molar-refractivity contribution in [3.8, 4) is 0 Å². The van der Waals surface area contributed by atoms with Crippen molar-refractivity contribution >= 4 is 0 Å². The van der Waals surface area contributed by atoms with Crippen LogP contribution in [0.1, 0.15) is 19.2 Å². The van der Waals surface area contributed by atoms with Gasteiger partial charge in [0.05, 0.1) is 0 Å². The first-order chi connectivity index (χ1) is 5.38. The Balaban J connectivity index is 2.54. The molecule has 0 atom stereocenters. The first-order valence-corrected chi connectivity index (χ1v) is 3.74. The number of nitrogens with zero attached hydrogens (tertiary/aromatic N) is 4. The number of aliphatic hydroxyl groups excluding tert-OH is 1. The van der Waals surface area contributed by atoms with Crippen molar-refractivity contribution in [1.82, 2.24) is 20.2 Å². The zero-order chi connectivity index (χ0) is 8.10. The fourth-order valence-corrected chi connectivity index (χ4v) is 0.885. The van der Waals surface area contributed by atoms with Crippen LogP contribution < -0.4 is 0 Å². The highest BCUT2D eigenvalue weighted by molar-refractivity contribution is 4.79. The van der Waals surface area contributed by atoms with Gasteiger partial charge in [-0.2, -0.15) is 0 Å². The van der Waals surface area contributed by atoms with Gasteiger partial charge in [-0.1, -0.05) is 0 Å². The minimum atomic E-state index is 0.191. The van der Waals surface area contributed by atoms with Crippen LogP contribution in [0.25, 0.3) is 0 Å². The van der Waals surface area contributed by atoms with Crippen LogP contribution in [0.2, 0.25) is 0 Å². The normalized spacial score (nSPS) is 10.4. The van der Waals surface area contributed by atoms with Crippen LogP contribution in [0.4, 0.5) is 0 Å². The van der Waals surface area contributed by atoms with Gasteiger partial charge in [0.1, 0.15) is 0 Å². The molecule has 0 bridgehead atoms. The fourth-order valence-electron chi connectivity index (χ4n) is 0.885. The zero-order valence-corrected chi connectivity index (χ0v) is 6.56. The van der Waals surface area contributed by atoms with E-state index in [-0.39, 0.29) is 6.61 Å². The van der Waals surface area contributed by atoms with Crippen LogP contribution in [0.15, 0.2) is 0 Å². The van der Waals surface area contributed by atoms with E-state index in [1.165, 1.54) is 0 Å². The van der Waals surface area contributed by atoms with Crippen molar-refractivity contribution in [3.63, 3.8) is 0 Å². The highest BCUT2D eigenvalue weighted by Gasteiger charge is 2.01. The second kappa shape index (κ2) is 4.02. The highest BCUT2D eigenvalue weighted by atomic mass is 16.2. The molecule has 0 aliphatic heterocycles. The minimum Gasteiger partial charge on any atom is -0.396 e. The van der Waals surface area contributed by atoms with Crippen LogP contribution in [0, 0.1) is 0 Å². The van der Waals surface area contributed by atoms with Gasteiger partial charge in [0.2, 0.25) is 0 Å². The van der Waals surface area contributed by atoms with E-state index < -0.39 is 0 Å². The monoisotopic (exact) mass is 156 g/mol. The molecule has 5 nitrogen and oxygen atoms in total. The molecule has 0 aliphatic rings. The predicted octanol–water partition coefficient (Wildman–Crippen LogP) is -0.382. The van der Waals surface area contributed by atoms with Gasteiger partial charge in [0, 0.05) is 19.6 Å². The van der Waals surface area contributed by atoms with E-state index >= 15 is 0 Å². The number of tetrazole rings is 1. The Morgan fingerprint density at radius 2 is 2.36 bits per heavy atom. The second-order valence-corrected chi connectivity index (χ2v) is 2.24. The molecule has 1 aromatic rings.